The highest BCUT2D eigenvalue weighted by molar-refractivity contribution is 6.53. The first-order chi connectivity index (χ1) is 16.8. The van der Waals surface area contributed by atoms with Crippen molar-refractivity contribution in [2.24, 2.45) is 0 Å². The van der Waals surface area contributed by atoms with E-state index < -0.39 is 23.7 Å². The van der Waals surface area contributed by atoms with E-state index in [-0.39, 0.29) is 10.7 Å². The molecule has 9 heteroatoms. The van der Waals surface area contributed by atoms with Crippen LogP contribution in [0.5, 0.6) is 0 Å². The summed E-state index contributed by atoms with van der Waals surface area (Å²) >= 11 is 6.20. The molecule has 0 unspecified atom stereocenters. The lowest BCUT2D eigenvalue weighted by Crippen LogP contribution is -2.32. The predicted octanol–water partition coefficient (Wildman–Crippen LogP) is 4.47. The standard InChI is InChI=1S/C26H20ClN3O5/c1-15-6-12-20(13-7-15)30-24(32)21(27)22(25(30)33)28-19-5-3-4-17(14-19)23(31)29-18-10-8-16(9-11-18)26(34)35-2/h3-14,28H,1-2H3,(H,29,31). The highest BCUT2D eigenvalue weighted by Gasteiger charge is 2.38. The number of benzene rings is 3. The van der Waals surface area contributed by atoms with Crippen molar-refractivity contribution in [2.75, 3.05) is 22.6 Å². The molecule has 0 bridgehead atoms. The SMILES string of the molecule is COC(=O)c1ccc(NC(=O)c2cccc(NC3=C(Cl)C(=O)N(c4ccc(C)cc4)C3=O)c2)cc1. The number of carbonyl (C=O) groups excluding carboxylic acids is 4. The Morgan fingerprint density at radius 2 is 1.54 bits per heavy atom. The monoisotopic (exact) mass is 489 g/mol. The Kier molecular flexibility index (Phi) is 6.66. The Morgan fingerprint density at radius 3 is 2.20 bits per heavy atom. The Hall–Kier alpha value is -4.43. The minimum absolute atomic E-state index is 0.0757. The molecule has 3 aromatic rings. The quantitative estimate of drug-likeness (QED) is 0.391. The average Bonchev–Trinajstić information content (AvgIpc) is 3.07. The zero-order valence-electron chi connectivity index (χ0n) is 18.8. The number of nitrogens with zero attached hydrogens (tertiary/aromatic N) is 1. The number of esters is 1. The van der Waals surface area contributed by atoms with Crippen LogP contribution in [0, 0.1) is 6.92 Å². The first kappa shape index (κ1) is 23.7. The Balaban J connectivity index is 1.49. The van der Waals surface area contributed by atoms with Gasteiger partial charge in [0, 0.05) is 16.9 Å². The van der Waals surface area contributed by atoms with Crippen molar-refractivity contribution in [1.29, 1.82) is 0 Å². The number of halogens is 1. The number of carbonyl (C=O) groups is 4. The number of aryl methyl sites for hydroxylation is 1. The molecule has 0 fully saturated rings. The van der Waals surface area contributed by atoms with Crippen LogP contribution in [0.25, 0.3) is 0 Å². The van der Waals surface area contributed by atoms with Crippen LogP contribution in [-0.2, 0) is 14.3 Å². The van der Waals surface area contributed by atoms with Crippen molar-refractivity contribution >= 4 is 52.4 Å². The van der Waals surface area contributed by atoms with Gasteiger partial charge in [-0.15, -0.1) is 0 Å². The van der Waals surface area contributed by atoms with Crippen molar-refractivity contribution in [3.8, 4) is 0 Å². The molecular weight excluding hydrogens is 470 g/mol. The maximum atomic E-state index is 13.0. The smallest absolute Gasteiger partial charge is 0.337 e. The fourth-order valence-corrected chi connectivity index (χ4v) is 3.65. The Labute approximate surface area is 206 Å². The molecule has 0 spiro atoms. The molecule has 0 aromatic heterocycles. The van der Waals surface area contributed by atoms with E-state index >= 15 is 0 Å². The van der Waals surface area contributed by atoms with E-state index in [4.69, 9.17) is 11.6 Å². The average molecular weight is 490 g/mol. The summed E-state index contributed by atoms with van der Waals surface area (Å²) in [6.07, 6.45) is 0. The van der Waals surface area contributed by atoms with E-state index in [1.54, 1.807) is 54.6 Å². The highest BCUT2D eigenvalue weighted by atomic mass is 35.5. The number of nitrogens with one attached hydrogen (secondary N) is 2. The van der Waals surface area contributed by atoms with Crippen molar-refractivity contribution in [3.05, 3.63) is 100 Å². The van der Waals surface area contributed by atoms with E-state index in [0.29, 0.717) is 28.2 Å². The number of hydrogen-bond donors (Lipinski definition) is 2. The predicted molar refractivity (Wildman–Crippen MR) is 132 cm³/mol. The maximum Gasteiger partial charge on any atom is 0.337 e. The molecular formula is C26H20ClN3O5. The molecule has 0 saturated heterocycles. The first-order valence-corrected chi connectivity index (χ1v) is 10.9. The number of methoxy groups -OCH3 is 1. The van der Waals surface area contributed by atoms with Crippen LogP contribution in [0.3, 0.4) is 0 Å². The first-order valence-electron chi connectivity index (χ1n) is 10.5. The third-order valence-electron chi connectivity index (χ3n) is 5.28. The molecule has 1 heterocycles. The maximum absolute atomic E-state index is 13.0. The van der Waals surface area contributed by atoms with Gasteiger partial charge in [0.2, 0.25) is 0 Å². The number of imide groups is 1. The molecule has 1 aliphatic heterocycles. The van der Waals surface area contributed by atoms with E-state index in [1.807, 2.05) is 6.92 Å². The lowest BCUT2D eigenvalue weighted by atomic mass is 10.1. The van der Waals surface area contributed by atoms with Crippen LogP contribution in [-0.4, -0.2) is 30.8 Å². The lowest BCUT2D eigenvalue weighted by molar-refractivity contribution is -0.120. The van der Waals surface area contributed by atoms with Crippen molar-refractivity contribution in [1.82, 2.24) is 0 Å². The van der Waals surface area contributed by atoms with Gasteiger partial charge < -0.3 is 15.4 Å². The molecule has 176 valence electrons. The Bertz CT molecular complexity index is 1360. The van der Waals surface area contributed by atoms with Gasteiger partial charge in [-0.2, -0.15) is 0 Å². The molecule has 0 aliphatic carbocycles. The van der Waals surface area contributed by atoms with E-state index in [9.17, 15) is 19.2 Å². The van der Waals surface area contributed by atoms with Crippen molar-refractivity contribution < 1.29 is 23.9 Å². The van der Waals surface area contributed by atoms with Crippen LogP contribution in [0.1, 0.15) is 26.3 Å². The molecule has 3 aromatic carbocycles. The second-order valence-electron chi connectivity index (χ2n) is 7.70. The number of rotatable bonds is 6. The molecule has 1 aliphatic rings. The molecule has 3 amide bonds. The zero-order valence-corrected chi connectivity index (χ0v) is 19.6. The van der Waals surface area contributed by atoms with Gasteiger partial charge >= 0.3 is 5.97 Å². The number of anilines is 3. The van der Waals surface area contributed by atoms with E-state index in [2.05, 4.69) is 15.4 Å². The van der Waals surface area contributed by atoms with Gasteiger partial charge in [0.05, 0.1) is 18.4 Å². The lowest BCUT2D eigenvalue weighted by Gasteiger charge is -2.15. The van der Waals surface area contributed by atoms with Gasteiger partial charge in [-0.1, -0.05) is 35.4 Å². The minimum Gasteiger partial charge on any atom is -0.465 e. The molecule has 0 saturated carbocycles. The molecule has 2 N–H and O–H groups in total. The molecule has 0 radical (unpaired) electrons. The third kappa shape index (κ3) is 4.92. The third-order valence-corrected chi connectivity index (χ3v) is 5.63. The topological polar surface area (TPSA) is 105 Å². The molecule has 8 nitrogen and oxygen atoms in total. The summed E-state index contributed by atoms with van der Waals surface area (Å²) in [6, 6.07) is 19.6. The Morgan fingerprint density at radius 1 is 0.857 bits per heavy atom. The summed E-state index contributed by atoms with van der Waals surface area (Å²) in [6.45, 7) is 1.90. The van der Waals surface area contributed by atoms with Gasteiger partial charge in [-0.05, 0) is 61.5 Å². The second-order valence-corrected chi connectivity index (χ2v) is 8.08. The van der Waals surface area contributed by atoms with Gasteiger partial charge in [-0.3, -0.25) is 14.4 Å². The van der Waals surface area contributed by atoms with Gasteiger partial charge in [0.1, 0.15) is 10.7 Å². The van der Waals surface area contributed by atoms with Crippen LogP contribution in [0.15, 0.2) is 83.5 Å². The number of hydrogen-bond acceptors (Lipinski definition) is 6. The van der Waals surface area contributed by atoms with E-state index in [1.165, 1.54) is 25.3 Å². The molecule has 0 atom stereocenters. The zero-order chi connectivity index (χ0) is 25.1. The fraction of sp³-hybridized carbons (Fsp3) is 0.0769. The fourth-order valence-electron chi connectivity index (χ4n) is 3.43. The number of ether oxygens (including phenoxy) is 1. The molecule has 35 heavy (non-hydrogen) atoms. The summed E-state index contributed by atoms with van der Waals surface area (Å²) in [5.41, 5.74) is 2.86. The van der Waals surface area contributed by atoms with Crippen LogP contribution in [0.4, 0.5) is 17.1 Å². The van der Waals surface area contributed by atoms with E-state index in [0.717, 1.165) is 10.5 Å². The molecule has 4 rings (SSSR count). The summed E-state index contributed by atoms with van der Waals surface area (Å²) in [4.78, 5) is 50.9. The normalized spacial score (nSPS) is 13.2. The van der Waals surface area contributed by atoms with Crippen LogP contribution in [0.2, 0.25) is 0 Å². The van der Waals surface area contributed by atoms with Crippen molar-refractivity contribution in [2.45, 2.75) is 6.92 Å². The van der Waals surface area contributed by atoms with Gasteiger partial charge in [-0.25, -0.2) is 9.69 Å². The summed E-state index contributed by atoms with van der Waals surface area (Å²) < 4.78 is 4.66. The largest absolute Gasteiger partial charge is 0.465 e. The van der Waals surface area contributed by atoms with Gasteiger partial charge in [0.15, 0.2) is 0 Å². The van der Waals surface area contributed by atoms with Crippen LogP contribution < -0.4 is 15.5 Å². The summed E-state index contributed by atoms with van der Waals surface area (Å²) in [5.74, 6) is -2.11. The second kappa shape index (κ2) is 9.82. The van der Waals surface area contributed by atoms with Gasteiger partial charge in [0.25, 0.3) is 17.7 Å². The summed E-state index contributed by atoms with van der Waals surface area (Å²) in [5, 5.41) is 5.37. The van der Waals surface area contributed by atoms with Crippen molar-refractivity contribution in [3.63, 3.8) is 0 Å². The van der Waals surface area contributed by atoms with Crippen LogP contribution >= 0.6 is 11.6 Å². The minimum atomic E-state index is -0.632. The highest BCUT2D eigenvalue weighted by Crippen LogP contribution is 2.30. The summed E-state index contributed by atoms with van der Waals surface area (Å²) in [7, 11) is 1.29. The number of amides is 3.